The maximum Gasteiger partial charge on any atom is 0.410 e. The number of rotatable bonds is 5. The third-order valence-electron chi connectivity index (χ3n) is 3.42. The van der Waals surface area contributed by atoms with Crippen LogP contribution < -0.4 is 9.61 Å². The van der Waals surface area contributed by atoms with Crippen LogP contribution in [0.2, 0.25) is 5.02 Å². The molecule has 0 spiro atoms. The minimum atomic E-state index is -3.73. The zero-order chi connectivity index (χ0) is 15.5. The molecule has 0 heterocycles. The van der Waals surface area contributed by atoms with Crippen molar-refractivity contribution >= 4 is 35.7 Å². The topological polar surface area (TPSA) is 64.6 Å². The Morgan fingerprint density at radius 2 is 1.86 bits per heavy atom. The van der Waals surface area contributed by atoms with Crippen molar-refractivity contribution in [3.05, 3.63) is 29.3 Å². The van der Waals surface area contributed by atoms with Crippen LogP contribution in [0.1, 0.15) is 25.7 Å². The fraction of sp³-hybridized carbons (Fsp3) is 0.462. The number of nitrogens with one attached hydrogen (secondary N) is 1. The molecule has 1 aliphatic rings. The fourth-order valence-corrected chi connectivity index (χ4v) is 4.56. The lowest BCUT2D eigenvalue weighted by molar-refractivity contribution is -0.147. The van der Waals surface area contributed by atoms with Gasteiger partial charge in [-0.25, -0.2) is 9.65 Å². The Hall–Kier alpha value is -0.740. The van der Waals surface area contributed by atoms with Crippen molar-refractivity contribution in [3.8, 4) is 5.75 Å². The van der Waals surface area contributed by atoms with Crippen LogP contribution in [-0.4, -0.2) is 18.6 Å². The van der Waals surface area contributed by atoms with E-state index in [-0.39, 0.29) is 0 Å². The van der Waals surface area contributed by atoms with E-state index in [4.69, 9.17) is 32.1 Å². The molecule has 0 radical (unpaired) electrons. The maximum atomic E-state index is 12.4. The molecule has 1 aromatic rings. The number of carbonyl (C=O) groups excluding carboxylic acids is 1. The van der Waals surface area contributed by atoms with Crippen LogP contribution in [0.5, 0.6) is 5.75 Å². The molecule has 8 heteroatoms. The van der Waals surface area contributed by atoms with Gasteiger partial charge in [0.15, 0.2) is 0 Å². The smallest absolute Gasteiger partial charge is 0.410 e. The van der Waals surface area contributed by atoms with Crippen LogP contribution in [0.15, 0.2) is 24.3 Å². The molecule has 1 atom stereocenters. The summed E-state index contributed by atoms with van der Waals surface area (Å²) in [5.74, 6) is -0.163. The summed E-state index contributed by atoms with van der Waals surface area (Å²) >= 11 is 11.7. The molecular weight excluding hydrogens is 336 g/mol. The van der Waals surface area contributed by atoms with Gasteiger partial charge in [0.05, 0.1) is 7.11 Å². The van der Waals surface area contributed by atoms with Gasteiger partial charge in [-0.05, 0) is 37.1 Å². The van der Waals surface area contributed by atoms with Crippen molar-refractivity contribution in [1.82, 2.24) is 5.09 Å². The number of methoxy groups -OCH3 is 1. The Labute approximate surface area is 133 Å². The monoisotopic (exact) mass is 351 g/mol. The van der Waals surface area contributed by atoms with Gasteiger partial charge >= 0.3 is 12.8 Å². The predicted molar refractivity (Wildman–Crippen MR) is 81.9 cm³/mol. The lowest BCUT2D eigenvalue weighted by atomic mass is 10.00. The van der Waals surface area contributed by atoms with E-state index in [0.717, 1.165) is 12.8 Å². The van der Waals surface area contributed by atoms with Gasteiger partial charge in [-0.1, -0.05) is 24.4 Å². The highest BCUT2D eigenvalue weighted by Crippen LogP contribution is 2.52. The average Bonchev–Trinajstić information content (AvgIpc) is 2.89. The molecule has 1 aromatic carbocycles. The van der Waals surface area contributed by atoms with E-state index in [0.29, 0.717) is 23.6 Å². The third-order valence-corrected chi connectivity index (χ3v) is 5.27. The summed E-state index contributed by atoms with van der Waals surface area (Å²) in [7, 11) is 1.29. The zero-order valence-corrected chi connectivity index (χ0v) is 13.9. The van der Waals surface area contributed by atoms with Gasteiger partial charge in [-0.15, -0.1) is 0 Å². The summed E-state index contributed by atoms with van der Waals surface area (Å²) in [5.41, 5.74) is -1.04. The first-order valence-corrected chi connectivity index (χ1v) is 9.40. The van der Waals surface area contributed by atoms with Crippen LogP contribution >= 0.6 is 29.7 Å². The number of ether oxygens (including phenoxy) is 1. The van der Waals surface area contributed by atoms with E-state index < -0.39 is 18.4 Å². The van der Waals surface area contributed by atoms with Crippen molar-refractivity contribution in [3.63, 3.8) is 0 Å². The molecule has 21 heavy (non-hydrogen) atoms. The second-order valence-corrected chi connectivity index (χ2v) is 8.05. The molecule has 0 amide bonds. The molecular formula is C13H16Cl2NO4P. The summed E-state index contributed by atoms with van der Waals surface area (Å²) in [6.07, 6.45) is 2.70. The van der Waals surface area contributed by atoms with Crippen LogP contribution in [-0.2, 0) is 14.1 Å². The van der Waals surface area contributed by atoms with Crippen LogP contribution in [0, 0.1) is 0 Å². The average molecular weight is 352 g/mol. The molecule has 5 nitrogen and oxygen atoms in total. The van der Waals surface area contributed by atoms with Gasteiger partial charge in [0.25, 0.3) is 0 Å². The van der Waals surface area contributed by atoms with Crippen molar-refractivity contribution < 1.29 is 18.6 Å². The number of hydrogen-bond acceptors (Lipinski definition) is 4. The van der Waals surface area contributed by atoms with E-state index in [1.807, 2.05) is 0 Å². The molecule has 2 rings (SSSR count). The highest BCUT2D eigenvalue weighted by Gasteiger charge is 2.47. The Morgan fingerprint density at radius 1 is 1.29 bits per heavy atom. The number of halogens is 2. The molecule has 1 aliphatic carbocycles. The van der Waals surface area contributed by atoms with Crippen LogP contribution in [0.25, 0.3) is 0 Å². The van der Waals surface area contributed by atoms with Gasteiger partial charge in [0.1, 0.15) is 11.3 Å². The highest BCUT2D eigenvalue weighted by molar-refractivity contribution is 7.84. The Morgan fingerprint density at radius 3 is 2.38 bits per heavy atom. The van der Waals surface area contributed by atoms with E-state index in [9.17, 15) is 9.36 Å². The van der Waals surface area contributed by atoms with Gasteiger partial charge < -0.3 is 9.26 Å². The Balaban J connectivity index is 2.13. The molecule has 1 saturated carbocycles. The minimum absolute atomic E-state index is 0.309. The van der Waals surface area contributed by atoms with Crippen LogP contribution in [0.3, 0.4) is 0 Å². The van der Waals surface area contributed by atoms with Crippen molar-refractivity contribution in [2.75, 3.05) is 7.11 Å². The standard InChI is InChI=1S/C13H16Cl2NO4P/c1-19-12(17)13(8-2-3-9-13)16-21(15,18)20-11-6-4-10(14)5-7-11/h4-7H,2-3,8-9H2,1H3,(H,16,18). The summed E-state index contributed by atoms with van der Waals surface area (Å²) in [4.78, 5) is 12.0. The lowest BCUT2D eigenvalue weighted by Crippen LogP contribution is -2.48. The van der Waals surface area contributed by atoms with E-state index in [1.54, 1.807) is 24.3 Å². The Kier molecular flexibility index (Phi) is 5.20. The predicted octanol–water partition coefficient (Wildman–Crippen LogP) is 4.14. The second kappa shape index (κ2) is 6.57. The van der Waals surface area contributed by atoms with Gasteiger partial charge in [0.2, 0.25) is 0 Å². The molecule has 116 valence electrons. The first-order chi connectivity index (χ1) is 9.87. The van der Waals surface area contributed by atoms with Crippen molar-refractivity contribution in [1.29, 1.82) is 0 Å². The highest BCUT2D eigenvalue weighted by atomic mass is 35.7. The number of carbonyl (C=O) groups is 1. The van der Waals surface area contributed by atoms with E-state index in [2.05, 4.69) is 5.09 Å². The third kappa shape index (κ3) is 4.13. The SMILES string of the molecule is COC(=O)C1(NP(=O)(Cl)Oc2ccc(Cl)cc2)CCCC1. The van der Waals surface area contributed by atoms with Gasteiger partial charge in [-0.3, -0.25) is 4.79 Å². The maximum absolute atomic E-state index is 12.4. The zero-order valence-electron chi connectivity index (χ0n) is 11.5. The van der Waals surface area contributed by atoms with E-state index >= 15 is 0 Å². The van der Waals surface area contributed by atoms with Crippen molar-refractivity contribution in [2.24, 2.45) is 0 Å². The molecule has 0 aliphatic heterocycles. The van der Waals surface area contributed by atoms with Gasteiger partial charge in [0, 0.05) is 16.3 Å². The molecule has 0 saturated heterocycles. The molecule has 0 aromatic heterocycles. The fourth-order valence-electron chi connectivity index (χ4n) is 2.44. The van der Waals surface area contributed by atoms with Gasteiger partial charge in [-0.2, -0.15) is 0 Å². The van der Waals surface area contributed by atoms with E-state index in [1.165, 1.54) is 7.11 Å². The number of hydrogen-bond donors (Lipinski definition) is 1. The quantitative estimate of drug-likeness (QED) is 0.637. The molecule has 1 unspecified atom stereocenters. The first-order valence-electron chi connectivity index (χ1n) is 6.50. The van der Waals surface area contributed by atoms with Crippen LogP contribution in [0.4, 0.5) is 0 Å². The summed E-state index contributed by atoms with van der Waals surface area (Å²) in [5, 5.41) is 3.20. The molecule has 1 fully saturated rings. The Bertz CT molecular complexity index is 558. The molecule has 1 N–H and O–H groups in total. The number of benzene rings is 1. The summed E-state index contributed by atoms with van der Waals surface area (Å²) in [6, 6.07) is 6.30. The minimum Gasteiger partial charge on any atom is -0.468 e. The normalized spacial score (nSPS) is 19.8. The first kappa shape index (κ1) is 16.6. The summed E-state index contributed by atoms with van der Waals surface area (Å²) in [6.45, 7) is -3.73. The summed E-state index contributed by atoms with van der Waals surface area (Å²) < 4.78 is 22.5. The van der Waals surface area contributed by atoms with Crippen molar-refractivity contribution in [2.45, 2.75) is 31.2 Å². The molecule has 0 bridgehead atoms. The largest absolute Gasteiger partial charge is 0.468 e. The number of esters is 1. The lowest BCUT2D eigenvalue weighted by Gasteiger charge is -2.29. The second-order valence-electron chi connectivity index (χ2n) is 4.92.